The average molecular weight is 360 g/mol. The summed E-state index contributed by atoms with van der Waals surface area (Å²) in [7, 11) is 0. The van der Waals surface area contributed by atoms with Crippen molar-refractivity contribution in [3.63, 3.8) is 0 Å². The first-order valence-electron chi connectivity index (χ1n) is 8.75. The highest BCUT2D eigenvalue weighted by atomic mass is 19.3. The summed E-state index contributed by atoms with van der Waals surface area (Å²) < 4.78 is 26.5. The molecular formula is C20H26F2N4. The normalized spacial score (nSPS) is 11.1. The van der Waals surface area contributed by atoms with Gasteiger partial charge in [0.25, 0.3) is 0 Å². The van der Waals surface area contributed by atoms with E-state index in [2.05, 4.69) is 54.5 Å². The fourth-order valence-corrected chi connectivity index (χ4v) is 2.29. The minimum absolute atomic E-state index is 0.252. The van der Waals surface area contributed by atoms with E-state index in [0.717, 1.165) is 12.1 Å². The predicted molar refractivity (Wildman–Crippen MR) is 99.4 cm³/mol. The van der Waals surface area contributed by atoms with Gasteiger partial charge in [0.05, 0.1) is 18.9 Å². The summed E-state index contributed by atoms with van der Waals surface area (Å²) in [5.41, 5.74) is 3.42. The molecule has 26 heavy (non-hydrogen) atoms. The molecule has 4 nitrogen and oxygen atoms in total. The van der Waals surface area contributed by atoms with E-state index in [-0.39, 0.29) is 5.92 Å². The van der Waals surface area contributed by atoms with Crippen LogP contribution in [0.4, 0.5) is 8.78 Å². The molecule has 0 N–H and O–H groups in total. The Kier molecular flexibility index (Phi) is 7.06. The number of halogens is 2. The number of hydrogen-bond acceptors (Lipinski definition) is 2. The van der Waals surface area contributed by atoms with Crippen molar-refractivity contribution < 1.29 is 8.78 Å². The molecule has 0 fully saturated rings. The van der Waals surface area contributed by atoms with Crippen molar-refractivity contribution in [2.45, 2.75) is 52.6 Å². The van der Waals surface area contributed by atoms with Crippen molar-refractivity contribution in [1.29, 1.82) is 0 Å². The van der Waals surface area contributed by atoms with E-state index >= 15 is 0 Å². The minimum atomic E-state index is -2.53. The van der Waals surface area contributed by atoms with Gasteiger partial charge in [-0.2, -0.15) is 19.0 Å². The Morgan fingerprint density at radius 3 is 1.88 bits per heavy atom. The Labute approximate surface area is 153 Å². The van der Waals surface area contributed by atoms with Crippen molar-refractivity contribution in [1.82, 2.24) is 19.6 Å². The minimum Gasteiger partial charge on any atom is -0.268 e. The summed E-state index contributed by atoms with van der Waals surface area (Å²) in [6.07, 6.45) is 6.91. The third-order valence-electron chi connectivity index (χ3n) is 4.00. The van der Waals surface area contributed by atoms with Gasteiger partial charge in [0.15, 0.2) is 0 Å². The average Bonchev–Trinajstić information content (AvgIpc) is 3.26. The number of hydrogen-bond donors (Lipinski definition) is 0. The Bertz CT molecular complexity index is 753. The lowest BCUT2D eigenvalue weighted by Gasteiger charge is -2.01. The van der Waals surface area contributed by atoms with Crippen LogP contribution < -0.4 is 0 Å². The Hall–Kier alpha value is -2.50. The van der Waals surface area contributed by atoms with Crippen molar-refractivity contribution >= 4 is 0 Å². The molecule has 3 aromatic rings. The molecule has 0 amide bonds. The lowest BCUT2D eigenvalue weighted by Crippen LogP contribution is -1.99. The van der Waals surface area contributed by atoms with Crippen LogP contribution in [0.15, 0.2) is 55.1 Å². The van der Waals surface area contributed by atoms with Crippen molar-refractivity contribution in [3.05, 3.63) is 71.8 Å². The van der Waals surface area contributed by atoms with E-state index in [1.165, 1.54) is 23.5 Å². The molecular weight excluding hydrogens is 334 g/mol. The molecule has 0 saturated heterocycles. The molecule has 0 aliphatic carbocycles. The van der Waals surface area contributed by atoms with Crippen LogP contribution in [0.25, 0.3) is 0 Å². The van der Waals surface area contributed by atoms with Crippen LogP contribution >= 0.6 is 0 Å². The third-order valence-corrected chi connectivity index (χ3v) is 4.00. The fraction of sp³-hybridized carbons (Fsp3) is 0.400. The van der Waals surface area contributed by atoms with Crippen LogP contribution in [0.3, 0.4) is 0 Å². The van der Waals surface area contributed by atoms with E-state index in [9.17, 15) is 8.78 Å². The number of alkyl halides is 2. The maximum Gasteiger partial charge on any atom is 0.333 e. The van der Waals surface area contributed by atoms with Crippen molar-refractivity contribution in [2.24, 2.45) is 0 Å². The van der Waals surface area contributed by atoms with E-state index in [1.807, 2.05) is 30.8 Å². The highest BCUT2D eigenvalue weighted by Crippen LogP contribution is 2.16. The van der Waals surface area contributed by atoms with E-state index < -0.39 is 6.55 Å². The number of benzene rings is 1. The second-order valence-electron chi connectivity index (χ2n) is 6.80. The fourth-order valence-electron chi connectivity index (χ4n) is 2.29. The molecule has 140 valence electrons. The van der Waals surface area contributed by atoms with Crippen LogP contribution in [0.2, 0.25) is 0 Å². The topological polar surface area (TPSA) is 35.6 Å². The molecule has 0 bridgehead atoms. The summed E-state index contributed by atoms with van der Waals surface area (Å²) in [5, 5.41) is 7.85. The molecule has 0 spiro atoms. The lowest BCUT2D eigenvalue weighted by molar-refractivity contribution is 0.0565. The smallest absolute Gasteiger partial charge is 0.268 e. The molecule has 6 heteroatoms. The first-order chi connectivity index (χ1) is 12.4. The van der Waals surface area contributed by atoms with Crippen LogP contribution in [0, 0.1) is 0 Å². The highest BCUT2D eigenvalue weighted by molar-refractivity contribution is 5.16. The molecule has 0 atom stereocenters. The summed E-state index contributed by atoms with van der Waals surface area (Å²) in [6.45, 7) is 6.57. The molecule has 3 rings (SSSR count). The van der Waals surface area contributed by atoms with Gasteiger partial charge in [0, 0.05) is 12.4 Å². The number of nitrogens with zero attached hydrogens (tertiary/aromatic N) is 4. The molecule has 2 aromatic heterocycles. The van der Waals surface area contributed by atoms with Gasteiger partial charge in [0.2, 0.25) is 0 Å². The summed E-state index contributed by atoms with van der Waals surface area (Å²) in [6, 6.07) is 10.4. The molecule has 0 saturated carbocycles. The van der Waals surface area contributed by atoms with Crippen LogP contribution in [-0.4, -0.2) is 19.6 Å². The van der Waals surface area contributed by atoms with Crippen LogP contribution in [0.5, 0.6) is 0 Å². The summed E-state index contributed by atoms with van der Waals surface area (Å²) in [5.74, 6) is 0.803. The van der Waals surface area contributed by atoms with Gasteiger partial charge in [0.1, 0.15) is 0 Å². The maximum atomic E-state index is 11.9. The SMILES string of the molecule is CC(C)c1cnn(C(F)F)c1.CC(C)c1cnn(Cc2ccccc2)c1. The van der Waals surface area contributed by atoms with Gasteiger partial charge in [-0.05, 0) is 28.5 Å². The van der Waals surface area contributed by atoms with E-state index in [0.29, 0.717) is 10.6 Å². The zero-order chi connectivity index (χ0) is 19.1. The Morgan fingerprint density at radius 1 is 0.846 bits per heavy atom. The van der Waals surface area contributed by atoms with Gasteiger partial charge in [-0.3, -0.25) is 4.68 Å². The number of rotatable bonds is 5. The lowest BCUT2D eigenvalue weighted by atomic mass is 10.1. The van der Waals surface area contributed by atoms with Gasteiger partial charge in [-0.15, -0.1) is 0 Å². The second-order valence-corrected chi connectivity index (χ2v) is 6.80. The largest absolute Gasteiger partial charge is 0.333 e. The number of aromatic nitrogens is 4. The third kappa shape index (κ3) is 5.79. The Balaban J connectivity index is 0.000000197. The van der Waals surface area contributed by atoms with Gasteiger partial charge in [-0.25, -0.2) is 4.68 Å². The summed E-state index contributed by atoms with van der Waals surface area (Å²) >= 11 is 0. The summed E-state index contributed by atoms with van der Waals surface area (Å²) in [4.78, 5) is 0. The zero-order valence-electron chi connectivity index (χ0n) is 15.7. The quantitative estimate of drug-likeness (QED) is 0.606. The Morgan fingerprint density at radius 2 is 1.42 bits per heavy atom. The highest BCUT2D eigenvalue weighted by Gasteiger charge is 2.08. The van der Waals surface area contributed by atoms with E-state index in [1.54, 1.807) is 0 Å². The molecule has 2 heterocycles. The zero-order valence-corrected chi connectivity index (χ0v) is 15.7. The molecule has 0 unspecified atom stereocenters. The van der Waals surface area contributed by atoms with Crippen molar-refractivity contribution in [2.75, 3.05) is 0 Å². The maximum absolute atomic E-state index is 11.9. The molecule has 0 radical (unpaired) electrons. The van der Waals surface area contributed by atoms with E-state index in [4.69, 9.17) is 0 Å². The van der Waals surface area contributed by atoms with Crippen LogP contribution in [0.1, 0.15) is 62.8 Å². The molecule has 1 aromatic carbocycles. The first kappa shape index (κ1) is 19.8. The van der Waals surface area contributed by atoms with Gasteiger partial charge < -0.3 is 0 Å². The monoisotopic (exact) mass is 360 g/mol. The van der Waals surface area contributed by atoms with Crippen LogP contribution in [-0.2, 0) is 6.54 Å². The van der Waals surface area contributed by atoms with Gasteiger partial charge in [-0.1, -0.05) is 58.0 Å². The van der Waals surface area contributed by atoms with Crippen molar-refractivity contribution in [3.8, 4) is 0 Å². The molecule has 0 aliphatic rings. The van der Waals surface area contributed by atoms with Gasteiger partial charge >= 0.3 is 6.55 Å². The second kappa shape index (κ2) is 9.27. The predicted octanol–water partition coefficient (Wildman–Crippen LogP) is 5.46. The standard InChI is InChI=1S/C13H16N2.C7H10F2N2/c1-11(2)13-8-14-15(10-13)9-12-6-4-3-5-7-12;1-5(2)6-3-10-11(4-6)7(8)9/h3-8,10-11H,9H2,1-2H3;3-5,7H,1-2H3. The first-order valence-corrected chi connectivity index (χ1v) is 8.75. The molecule has 0 aliphatic heterocycles.